The molecule has 0 bridgehead atoms. The Bertz CT molecular complexity index is 354. The summed E-state index contributed by atoms with van der Waals surface area (Å²) in [7, 11) is 0. The Kier molecular flexibility index (Phi) is 93.5. The van der Waals surface area contributed by atoms with Gasteiger partial charge in [-0.15, -0.1) is 12.4 Å². The summed E-state index contributed by atoms with van der Waals surface area (Å²) in [5.41, 5.74) is 0. The minimum Gasteiger partial charge on any atom is -0.484 e. The fourth-order valence-corrected chi connectivity index (χ4v) is 0.703. The van der Waals surface area contributed by atoms with Crippen molar-refractivity contribution in [2.24, 2.45) is 0 Å². The average molecular weight is 542 g/mol. The first-order chi connectivity index (χ1) is 11.2. The van der Waals surface area contributed by atoms with Crippen molar-refractivity contribution in [2.45, 2.75) is 27.2 Å². The van der Waals surface area contributed by atoms with Gasteiger partial charge in [0.15, 0.2) is 0 Å². The molecule has 2 N–H and O–H groups in total. The summed E-state index contributed by atoms with van der Waals surface area (Å²) < 4.78 is 0. The Labute approximate surface area is 195 Å². The second-order valence-electron chi connectivity index (χ2n) is 3.57. The Morgan fingerprint density at radius 1 is 0.889 bits per heavy atom. The van der Waals surface area contributed by atoms with Crippen LogP contribution in [0, 0.1) is 47.3 Å². The predicted octanol–water partition coefficient (Wildman–Crippen LogP) is 6.86. The van der Waals surface area contributed by atoms with Crippen LogP contribution in [0.5, 0.6) is 0 Å². The van der Waals surface area contributed by atoms with E-state index in [1.54, 1.807) is 12.2 Å². The molecule has 0 aliphatic heterocycles. The maximum atomic E-state index is 4.93. The minimum atomic E-state index is 0. The molecule has 0 amide bonds. The Hall–Kier alpha value is -1.23. The van der Waals surface area contributed by atoms with Gasteiger partial charge >= 0.3 is 39.0 Å². The predicted molar refractivity (Wildman–Crippen MR) is 115 cm³/mol. The number of hydrogen-bond acceptors (Lipinski definition) is 0. The first-order valence-electron chi connectivity index (χ1n) is 7.35. The van der Waals surface area contributed by atoms with E-state index in [0.717, 1.165) is 6.42 Å². The van der Waals surface area contributed by atoms with E-state index in [4.69, 9.17) is 13.2 Å². The van der Waals surface area contributed by atoms with Gasteiger partial charge in [-0.05, 0) is 0 Å². The molecule has 4 heteroatoms. The molecule has 27 heavy (non-hydrogen) atoms. The van der Waals surface area contributed by atoms with E-state index >= 15 is 0 Å². The summed E-state index contributed by atoms with van der Waals surface area (Å²) in [6, 6.07) is 7.42. The molecule has 0 spiro atoms. The summed E-state index contributed by atoms with van der Waals surface area (Å²) in [6.07, 6.45) is 20.4. The summed E-state index contributed by atoms with van der Waals surface area (Å²) in [5.74, 6) is 0. The van der Waals surface area contributed by atoms with Gasteiger partial charge < -0.3 is 31.7 Å². The van der Waals surface area contributed by atoms with Crippen LogP contribution in [0.25, 0.3) is 0 Å². The number of aromatic amines is 2. The molecule has 2 rings (SSSR count). The molecule has 0 unspecified atom stereocenters. The molecule has 0 fully saturated rings. The molecule has 0 aliphatic carbocycles. The van der Waals surface area contributed by atoms with Crippen LogP contribution < -0.4 is 0 Å². The summed E-state index contributed by atoms with van der Waals surface area (Å²) in [5, 5.41) is 0. The molecule has 1 radical (unpaired) electrons. The maximum Gasteiger partial charge on any atom is 4.00 e. The van der Waals surface area contributed by atoms with E-state index in [0.29, 0.717) is 0 Å². The third-order valence-corrected chi connectivity index (χ3v) is 1.49. The van der Waals surface area contributed by atoms with Crippen molar-refractivity contribution in [1.82, 2.24) is 9.97 Å². The second-order valence-corrected chi connectivity index (χ2v) is 3.57. The van der Waals surface area contributed by atoms with Gasteiger partial charge in [0, 0.05) is 0 Å². The molecular weight excluding hydrogens is 506 g/mol. The minimum absolute atomic E-state index is 0. The quantitative estimate of drug-likeness (QED) is 0.237. The number of aromatic nitrogens is 2. The van der Waals surface area contributed by atoms with E-state index in [2.05, 4.69) is 29.3 Å². The topological polar surface area (TPSA) is 31.6 Å². The van der Waals surface area contributed by atoms with Crippen LogP contribution in [0.3, 0.4) is 0 Å². The van der Waals surface area contributed by atoms with Crippen LogP contribution in [0.1, 0.15) is 27.2 Å². The smallest absolute Gasteiger partial charge is 0.484 e. The van der Waals surface area contributed by atoms with Crippen LogP contribution >= 0.6 is 0 Å². The van der Waals surface area contributed by atoms with Crippen molar-refractivity contribution in [3.05, 3.63) is 120 Å². The molecule has 2 aromatic heterocycles. The number of nitrogens with one attached hydrogen (secondary N) is 2. The van der Waals surface area contributed by atoms with Crippen LogP contribution in [0.15, 0.2) is 73.1 Å². The molecule has 0 atom stereocenters. The third-order valence-electron chi connectivity index (χ3n) is 1.49. The van der Waals surface area contributed by atoms with Crippen molar-refractivity contribution < 1.29 is 39.0 Å². The van der Waals surface area contributed by atoms with Crippen LogP contribution in [-0.4, -0.2) is 9.97 Å². The zero-order chi connectivity index (χ0) is 18.0. The van der Waals surface area contributed by atoms with Gasteiger partial charge in [-0.1, -0.05) is 20.8 Å². The van der Waals surface area contributed by atoms with E-state index < -0.39 is 0 Å². The molecule has 0 saturated heterocycles. The fraction of sp³-hybridized carbons (Fsp3) is 0.174. The largest absolute Gasteiger partial charge is 4.00 e. The Morgan fingerprint density at radius 3 is 1.22 bits per heavy atom. The molecule has 0 aliphatic rings. The van der Waals surface area contributed by atoms with Crippen LogP contribution in [0.2, 0.25) is 0 Å². The Morgan fingerprint density at radius 2 is 1.19 bits per heavy atom. The van der Waals surface area contributed by atoms with E-state index in [9.17, 15) is 0 Å². The number of rotatable bonds is 2. The first-order valence-corrected chi connectivity index (χ1v) is 7.35. The van der Waals surface area contributed by atoms with Crippen molar-refractivity contribution >= 4 is 0 Å². The average Bonchev–Trinajstić information content (AvgIpc) is 3.29. The van der Waals surface area contributed by atoms with Gasteiger partial charge in [0.25, 0.3) is 0 Å². The summed E-state index contributed by atoms with van der Waals surface area (Å²) in [4.78, 5) is 5.47. The van der Waals surface area contributed by atoms with E-state index in [-0.39, 0.29) is 53.8 Å². The molecule has 0 aromatic carbocycles. The van der Waals surface area contributed by atoms with Gasteiger partial charge in [-0.3, -0.25) is 13.2 Å². The monoisotopic (exact) mass is 543 g/mol. The third kappa shape index (κ3) is 78.8. The SMILES string of the molecule is [CH-]=CC=CC.[CH-]=CC=CC.[CH2-]CC.[CH3-].[CH3-].[Ru+3].[Ru+4].[c-]1ccc[nH]1.[c-]1ccc[nH]1. The maximum absolute atomic E-state index is 4.93. The number of H-pyrrole nitrogens is 2. The fourth-order valence-electron chi connectivity index (χ4n) is 0.703. The second kappa shape index (κ2) is 56.3. The standard InChI is InChI=1S/2C5H7.2C4H4N.C3H7.2CH3.2Ru/c2*1-3-5-4-2;2*1-2-4-5-3-1;1-3-2;;;;/h2*1,3-5H,2H3;2*1-3,5H;1,3H2,2H3;2*1H3;;/q7*-1;+3;+4. The van der Waals surface area contributed by atoms with Gasteiger partial charge in [0.2, 0.25) is 0 Å². The zero-order valence-electron chi connectivity index (χ0n) is 17.2. The molecule has 2 nitrogen and oxygen atoms in total. The first kappa shape index (κ1) is 44.9. The molecular formula is C23H35N2Ru2. The zero-order valence-corrected chi connectivity index (χ0v) is 20.7. The van der Waals surface area contributed by atoms with Crippen molar-refractivity contribution in [1.29, 1.82) is 0 Å². The number of allylic oxidation sites excluding steroid dienone is 6. The van der Waals surface area contributed by atoms with Gasteiger partial charge in [-0.25, -0.2) is 24.3 Å². The molecule has 0 saturated carbocycles. The van der Waals surface area contributed by atoms with E-state index in [1.807, 2.05) is 69.6 Å². The van der Waals surface area contributed by atoms with Crippen LogP contribution in [0.4, 0.5) is 0 Å². The molecule has 153 valence electrons. The molecule has 2 aromatic rings. The summed E-state index contributed by atoms with van der Waals surface area (Å²) >= 11 is 0. The normalized spacial score (nSPS) is 6.96. The van der Waals surface area contributed by atoms with Gasteiger partial charge in [-0.2, -0.15) is 55.2 Å². The van der Waals surface area contributed by atoms with Gasteiger partial charge in [0.1, 0.15) is 0 Å². The van der Waals surface area contributed by atoms with Crippen molar-refractivity contribution in [2.75, 3.05) is 0 Å². The van der Waals surface area contributed by atoms with Crippen LogP contribution in [-0.2, 0) is 39.0 Å². The number of hydrogen-bond donors (Lipinski definition) is 2. The molecule has 2 heterocycles. The van der Waals surface area contributed by atoms with Gasteiger partial charge in [0.05, 0.1) is 0 Å². The Balaban J connectivity index is -0.0000000361. The summed E-state index contributed by atoms with van der Waals surface area (Å²) in [6.45, 7) is 19.2. The van der Waals surface area contributed by atoms with Crippen molar-refractivity contribution in [3.8, 4) is 0 Å². The van der Waals surface area contributed by atoms with E-state index in [1.165, 1.54) is 12.2 Å². The van der Waals surface area contributed by atoms with Crippen molar-refractivity contribution in [3.63, 3.8) is 0 Å².